The third-order valence-corrected chi connectivity index (χ3v) is 1.96. The van der Waals surface area contributed by atoms with E-state index in [0.29, 0.717) is 30.8 Å². The first-order valence-electron chi connectivity index (χ1n) is 4.87. The van der Waals surface area contributed by atoms with Gasteiger partial charge < -0.3 is 9.64 Å². The first-order valence-corrected chi connectivity index (χ1v) is 4.87. The highest BCUT2D eigenvalue weighted by atomic mass is 16.5. The quantitative estimate of drug-likeness (QED) is 0.690. The monoisotopic (exact) mass is 222 g/mol. The first-order chi connectivity index (χ1) is 7.63. The number of carbonyl (C=O) groups is 2. The molecule has 0 fully saturated rings. The molecule has 0 saturated carbocycles. The van der Waals surface area contributed by atoms with Crippen LogP contribution in [0.2, 0.25) is 0 Å². The van der Waals surface area contributed by atoms with E-state index < -0.39 is 0 Å². The van der Waals surface area contributed by atoms with E-state index in [-0.39, 0.29) is 5.91 Å². The number of rotatable bonds is 5. The smallest absolute Gasteiger partial charge is 0.225 e. The van der Waals surface area contributed by atoms with Crippen LogP contribution in [0.15, 0.2) is 18.3 Å². The molecule has 86 valence electrons. The van der Waals surface area contributed by atoms with Crippen molar-refractivity contribution in [1.29, 1.82) is 0 Å². The molecule has 5 heteroatoms. The standard InChI is InChI=1S/C11H14N2O3/c1-13(2)11(15)5-6-16-10-4-3-9(8-14)12-7-10/h3-4,7-8H,5-6H2,1-2H3. The second-order valence-corrected chi connectivity index (χ2v) is 3.42. The summed E-state index contributed by atoms with van der Waals surface area (Å²) in [5.74, 6) is 0.564. The van der Waals surface area contributed by atoms with Crippen LogP contribution in [0.5, 0.6) is 5.75 Å². The van der Waals surface area contributed by atoms with Gasteiger partial charge in [-0.2, -0.15) is 0 Å². The Morgan fingerprint density at radius 3 is 2.75 bits per heavy atom. The van der Waals surface area contributed by atoms with Gasteiger partial charge in [0.15, 0.2) is 6.29 Å². The second-order valence-electron chi connectivity index (χ2n) is 3.42. The van der Waals surface area contributed by atoms with Gasteiger partial charge in [0.25, 0.3) is 0 Å². The lowest BCUT2D eigenvalue weighted by Crippen LogP contribution is -2.23. The van der Waals surface area contributed by atoms with Crippen molar-refractivity contribution in [2.24, 2.45) is 0 Å². The minimum absolute atomic E-state index is 0.0115. The highest BCUT2D eigenvalue weighted by molar-refractivity contribution is 5.75. The van der Waals surface area contributed by atoms with E-state index in [1.807, 2.05) is 0 Å². The Balaban J connectivity index is 2.37. The van der Waals surface area contributed by atoms with Crippen LogP contribution in [0, 0.1) is 0 Å². The minimum Gasteiger partial charge on any atom is -0.491 e. The number of aromatic nitrogens is 1. The van der Waals surface area contributed by atoms with Gasteiger partial charge in [-0.15, -0.1) is 0 Å². The largest absolute Gasteiger partial charge is 0.491 e. The number of hydrogen-bond acceptors (Lipinski definition) is 4. The lowest BCUT2D eigenvalue weighted by Gasteiger charge is -2.10. The molecule has 16 heavy (non-hydrogen) atoms. The van der Waals surface area contributed by atoms with Crippen LogP contribution in [0.4, 0.5) is 0 Å². The average molecular weight is 222 g/mol. The summed E-state index contributed by atoms with van der Waals surface area (Å²) in [4.78, 5) is 26.9. The highest BCUT2D eigenvalue weighted by Gasteiger charge is 2.03. The van der Waals surface area contributed by atoms with Gasteiger partial charge in [0.05, 0.1) is 19.2 Å². The zero-order chi connectivity index (χ0) is 12.0. The fourth-order valence-electron chi connectivity index (χ4n) is 1.03. The number of hydrogen-bond donors (Lipinski definition) is 0. The molecule has 0 bridgehead atoms. The van der Waals surface area contributed by atoms with Crippen LogP contribution < -0.4 is 4.74 Å². The van der Waals surface area contributed by atoms with Crippen LogP contribution in [-0.4, -0.2) is 42.8 Å². The van der Waals surface area contributed by atoms with Gasteiger partial charge in [-0.3, -0.25) is 9.59 Å². The van der Waals surface area contributed by atoms with Crippen molar-refractivity contribution in [3.8, 4) is 5.75 Å². The Labute approximate surface area is 94.0 Å². The Kier molecular flexibility index (Phi) is 4.44. The molecule has 1 rings (SSSR count). The topological polar surface area (TPSA) is 59.5 Å². The van der Waals surface area contributed by atoms with E-state index >= 15 is 0 Å². The summed E-state index contributed by atoms with van der Waals surface area (Å²) in [6, 6.07) is 3.22. The van der Waals surface area contributed by atoms with Crippen molar-refractivity contribution in [2.75, 3.05) is 20.7 Å². The third-order valence-electron chi connectivity index (χ3n) is 1.96. The summed E-state index contributed by atoms with van der Waals surface area (Å²) in [6.45, 7) is 0.305. The van der Waals surface area contributed by atoms with Crippen molar-refractivity contribution in [3.63, 3.8) is 0 Å². The molecule has 0 aromatic carbocycles. The molecule has 0 aliphatic carbocycles. The molecule has 1 amide bonds. The molecule has 1 aromatic rings. The summed E-state index contributed by atoms with van der Waals surface area (Å²) in [5.41, 5.74) is 0.358. The van der Waals surface area contributed by atoms with E-state index in [9.17, 15) is 9.59 Å². The predicted molar refractivity (Wildman–Crippen MR) is 58.4 cm³/mol. The number of nitrogens with zero attached hydrogens (tertiary/aromatic N) is 2. The van der Waals surface area contributed by atoms with Crippen molar-refractivity contribution >= 4 is 12.2 Å². The molecule has 0 N–H and O–H groups in total. The molecule has 0 atom stereocenters. The summed E-state index contributed by atoms with van der Waals surface area (Å²) < 4.78 is 5.30. The van der Waals surface area contributed by atoms with E-state index in [1.165, 1.54) is 11.1 Å². The zero-order valence-electron chi connectivity index (χ0n) is 9.34. The highest BCUT2D eigenvalue weighted by Crippen LogP contribution is 2.08. The summed E-state index contributed by atoms with van der Waals surface area (Å²) in [7, 11) is 3.39. The van der Waals surface area contributed by atoms with Crippen LogP contribution in [0.25, 0.3) is 0 Å². The summed E-state index contributed by atoms with van der Waals surface area (Å²) in [5, 5.41) is 0. The molecule has 0 aliphatic heterocycles. The minimum atomic E-state index is 0.0115. The van der Waals surface area contributed by atoms with Crippen LogP contribution in [0.3, 0.4) is 0 Å². The second kappa shape index (κ2) is 5.85. The molecule has 1 heterocycles. The van der Waals surface area contributed by atoms with E-state index in [0.717, 1.165) is 0 Å². The van der Waals surface area contributed by atoms with Gasteiger partial charge >= 0.3 is 0 Å². The number of aldehydes is 1. The Bertz CT molecular complexity index is 360. The fourth-order valence-corrected chi connectivity index (χ4v) is 1.03. The third kappa shape index (κ3) is 3.68. The number of pyridine rings is 1. The molecule has 1 aromatic heterocycles. The molecule has 0 spiro atoms. The van der Waals surface area contributed by atoms with Crippen molar-refractivity contribution in [3.05, 3.63) is 24.0 Å². The summed E-state index contributed by atoms with van der Waals surface area (Å²) in [6.07, 6.45) is 2.45. The summed E-state index contributed by atoms with van der Waals surface area (Å²) >= 11 is 0. The molecular weight excluding hydrogens is 208 g/mol. The first kappa shape index (κ1) is 12.2. The van der Waals surface area contributed by atoms with E-state index in [2.05, 4.69) is 4.98 Å². The maximum Gasteiger partial charge on any atom is 0.225 e. The lowest BCUT2D eigenvalue weighted by molar-refractivity contribution is -0.129. The van der Waals surface area contributed by atoms with E-state index in [4.69, 9.17) is 4.74 Å². The Hall–Kier alpha value is -1.91. The average Bonchev–Trinajstić information content (AvgIpc) is 2.29. The maximum atomic E-state index is 11.2. The van der Waals surface area contributed by atoms with Crippen molar-refractivity contribution < 1.29 is 14.3 Å². The zero-order valence-corrected chi connectivity index (χ0v) is 9.34. The Morgan fingerprint density at radius 2 is 2.25 bits per heavy atom. The van der Waals surface area contributed by atoms with Gasteiger partial charge in [-0.05, 0) is 12.1 Å². The molecule has 5 nitrogen and oxygen atoms in total. The molecule has 0 unspecified atom stereocenters. The molecule has 0 radical (unpaired) electrons. The van der Waals surface area contributed by atoms with E-state index in [1.54, 1.807) is 26.2 Å². The van der Waals surface area contributed by atoms with Gasteiger partial charge in [0, 0.05) is 14.1 Å². The SMILES string of the molecule is CN(C)C(=O)CCOc1ccc(C=O)nc1. The normalized spacial score (nSPS) is 9.62. The fraction of sp³-hybridized carbons (Fsp3) is 0.364. The lowest BCUT2D eigenvalue weighted by atomic mass is 10.3. The van der Waals surface area contributed by atoms with Crippen molar-refractivity contribution in [1.82, 2.24) is 9.88 Å². The van der Waals surface area contributed by atoms with Gasteiger partial charge in [0.2, 0.25) is 5.91 Å². The molecule has 0 saturated heterocycles. The number of amides is 1. The van der Waals surface area contributed by atoms with Gasteiger partial charge in [-0.1, -0.05) is 0 Å². The van der Waals surface area contributed by atoms with Crippen LogP contribution in [-0.2, 0) is 4.79 Å². The van der Waals surface area contributed by atoms with Gasteiger partial charge in [0.1, 0.15) is 11.4 Å². The van der Waals surface area contributed by atoms with Crippen LogP contribution >= 0.6 is 0 Å². The maximum absolute atomic E-state index is 11.2. The predicted octanol–water partition coefficient (Wildman–Crippen LogP) is 0.751. The number of ether oxygens (including phenoxy) is 1. The van der Waals surface area contributed by atoms with Gasteiger partial charge in [-0.25, -0.2) is 4.98 Å². The molecule has 0 aliphatic rings. The van der Waals surface area contributed by atoms with Crippen molar-refractivity contribution in [2.45, 2.75) is 6.42 Å². The Morgan fingerprint density at radius 1 is 1.50 bits per heavy atom. The molecular formula is C11H14N2O3. The number of carbonyl (C=O) groups excluding carboxylic acids is 2. The van der Waals surface area contributed by atoms with Crippen LogP contribution in [0.1, 0.15) is 16.9 Å².